The molecule has 0 bridgehead atoms. The van der Waals surface area contributed by atoms with Gasteiger partial charge in [0, 0.05) is 5.69 Å². The third-order valence-electron chi connectivity index (χ3n) is 2.83. The summed E-state index contributed by atoms with van der Waals surface area (Å²) in [6, 6.07) is 2.87. The van der Waals surface area contributed by atoms with Crippen molar-refractivity contribution in [1.82, 2.24) is 0 Å². The van der Waals surface area contributed by atoms with Crippen LogP contribution in [0.5, 0.6) is 0 Å². The molecule has 1 aromatic carbocycles. The molecule has 0 radical (unpaired) electrons. The Morgan fingerprint density at radius 1 is 1.14 bits per heavy atom. The molecule has 1 aromatic rings. The molecule has 22 heavy (non-hydrogen) atoms. The van der Waals surface area contributed by atoms with Crippen molar-refractivity contribution in [2.75, 3.05) is 31.2 Å². The standard InChI is InChI=1S/C15H19BrFNO4/c1-4-21-14(19)8-18(9-15(20)22-5-2)13-7-11(16)12(17)6-10(13)3/h6-7H,4-5,8-9H2,1-3H3. The van der Waals surface area contributed by atoms with Gasteiger partial charge < -0.3 is 14.4 Å². The summed E-state index contributed by atoms with van der Waals surface area (Å²) in [7, 11) is 0. The van der Waals surface area contributed by atoms with Crippen LogP contribution in [0.25, 0.3) is 0 Å². The summed E-state index contributed by atoms with van der Waals surface area (Å²) in [5.74, 6) is -1.34. The fourth-order valence-corrected chi connectivity index (χ4v) is 2.26. The van der Waals surface area contributed by atoms with Gasteiger partial charge in [-0.2, -0.15) is 0 Å². The van der Waals surface area contributed by atoms with Crippen molar-refractivity contribution < 1.29 is 23.5 Å². The lowest BCUT2D eigenvalue weighted by Gasteiger charge is -2.24. The zero-order valence-corrected chi connectivity index (χ0v) is 14.4. The van der Waals surface area contributed by atoms with Gasteiger partial charge in [-0.25, -0.2) is 4.39 Å². The molecule has 1 rings (SSSR count). The van der Waals surface area contributed by atoms with E-state index in [1.54, 1.807) is 20.8 Å². The second-order valence-corrected chi connectivity index (χ2v) is 5.37. The smallest absolute Gasteiger partial charge is 0.325 e. The first-order valence-corrected chi connectivity index (χ1v) is 7.70. The van der Waals surface area contributed by atoms with E-state index in [1.165, 1.54) is 17.0 Å². The van der Waals surface area contributed by atoms with Crippen molar-refractivity contribution in [3.63, 3.8) is 0 Å². The van der Waals surface area contributed by atoms with E-state index in [4.69, 9.17) is 9.47 Å². The molecule has 0 aliphatic carbocycles. The molecule has 0 heterocycles. The summed E-state index contributed by atoms with van der Waals surface area (Å²) in [6.45, 7) is 5.36. The van der Waals surface area contributed by atoms with E-state index in [0.717, 1.165) is 0 Å². The highest BCUT2D eigenvalue weighted by molar-refractivity contribution is 9.10. The summed E-state index contributed by atoms with van der Waals surface area (Å²) in [5, 5.41) is 0. The molecule has 0 amide bonds. The van der Waals surface area contributed by atoms with E-state index >= 15 is 0 Å². The Morgan fingerprint density at radius 3 is 2.09 bits per heavy atom. The number of ether oxygens (including phenoxy) is 2. The maximum absolute atomic E-state index is 13.5. The summed E-state index contributed by atoms with van der Waals surface area (Å²) in [4.78, 5) is 25.0. The summed E-state index contributed by atoms with van der Waals surface area (Å²) < 4.78 is 23.6. The number of rotatable bonds is 7. The van der Waals surface area contributed by atoms with Crippen molar-refractivity contribution in [2.45, 2.75) is 20.8 Å². The highest BCUT2D eigenvalue weighted by Crippen LogP contribution is 2.27. The van der Waals surface area contributed by atoms with Crippen LogP contribution in [0.1, 0.15) is 19.4 Å². The van der Waals surface area contributed by atoms with Gasteiger partial charge in [0.2, 0.25) is 0 Å². The van der Waals surface area contributed by atoms with Gasteiger partial charge in [-0.15, -0.1) is 0 Å². The molecule has 0 fully saturated rings. The molecule has 0 aliphatic heterocycles. The number of anilines is 1. The lowest BCUT2D eigenvalue weighted by atomic mass is 10.1. The lowest BCUT2D eigenvalue weighted by Crippen LogP contribution is -2.36. The normalized spacial score (nSPS) is 10.2. The Balaban J connectivity index is 3.05. The van der Waals surface area contributed by atoms with Gasteiger partial charge >= 0.3 is 11.9 Å². The molecule has 122 valence electrons. The fourth-order valence-electron chi connectivity index (χ4n) is 1.93. The summed E-state index contributed by atoms with van der Waals surface area (Å²) >= 11 is 3.11. The number of aryl methyl sites for hydroxylation is 1. The molecule has 0 saturated heterocycles. The molecule has 0 aliphatic rings. The Labute approximate surface area is 137 Å². The maximum Gasteiger partial charge on any atom is 0.325 e. The van der Waals surface area contributed by atoms with Gasteiger partial charge in [0.05, 0.1) is 17.7 Å². The average Bonchev–Trinajstić information content (AvgIpc) is 2.42. The van der Waals surface area contributed by atoms with E-state index in [2.05, 4.69) is 15.9 Å². The number of esters is 2. The number of carbonyl (C=O) groups is 2. The molecule has 0 unspecified atom stereocenters. The van der Waals surface area contributed by atoms with E-state index < -0.39 is 17.8 Å². The molecule has 5 nitrogen and oxygen atoms in total. The number of halogens is 2. The highest BCUT2D eigenvalue weighted by Gasteiger charge is 2.19. The van der Waals surface area contributed by atoms with Crippen LogP contribution in [-0.2, 0) is 19.1 Å². The number of benzene rings is 1. The molecule has 0 spiro atoms. The van der Waals surface area contributed by atoms with Crippen molar-refractivity contribution in [1.29, 1.82) is 0 Å². The summed E-state index contributed by atoms with van der Waals surface area (Å²) in [5.41, 5.74) is 1.17. The summed E-state index contributed by atoms with van der Waals surface area (Å²) in [6.07, 6.45) is 0. The van der Waals surface area contributed by atoms with Gasteiger partial charge in [0.15, 0.2) is 0 Å². The first kappa shape index (κ1) is 18.4. The number of hydrogen-bond acceptors (Lipinski definition) is 5. The molecule has 0 N–H and O–H groups in total. The zero-order chi connectivity index (χ0) is 16.7. The van der Waals surface area contributed by atoms with Gasteiger partial charge in [0.25, 0.3) is 0 Å². The quantitative estimate of drug-likeness (QED) is 0.685. The Bertz CT molecular complexity index is 531. The maximum atomic E-state index is 13.5. The van der Waals surface area contributed by atoms with E-state index in [-0.39, 0.29) is 30.8 Å². The van der Waals surface area contributed by atoms with Gasteiger partial charge in [0.1, 0.15) is 18.9 Å². The predicted molar refractivity (Wildman–Crippen MR) is 84.3 cm³/mol. The minimum absolute atomic E-state index is 0.119. The van der Waals surface area contributed by atoms with Crippen LogP contribution in [0.4, 0.5) is 10.1 Å². The third kappa shape index (κ3) is 5.29. The van der Waals surface area contributed by atoms with Crippen molar-refractivity contribution in [2.24, 2.45) is 0 Å². The zero-order valence-electron chi connectivity index (χ0n) is 12.8. The molecule has 7 heteroatoms. The number of carbonyl (C=O) groups excluding carboxylic acids is 2. The monoisotopic (exact) mass is 375 g/mol. The van der Waals surface area contributed by atoms with Crippen molar-refractivity contribution in [3.8, 4) is 0 Å². The molecular weight excluding hydrogens is 357 g/mol. The van der Waals surface area contributed by atoms with Gasteiger partial charge in [-0.05, 0) is 54.4 Å². The van der Waals surface area contributed by atoms with Crippen molar-refractivity contribution in [3.05, 3.63) is 28.0 Å². The van der Waals surface area contributed by atoms with E-state index in [9.17, 15) is 14.0 Å². The fraction of sp³-hybridized carbons (Fsp3) is 0.467. The van der Waals surface area contributed by atoms with Crippen molar-refractivity contribution >= 4 is 33.6 Å². The molecule has 0 aromatic heterocycles. The third-order valence-corrected chi connectivity index (χ3v) is 3.44. The second kappa shape index (κ2) is 8.73. The minimum Gasteiger partial charge on any atom is -0.465 e. The largest absolute Gasteiger partial charge is 0.465 e. The first-order valence-electron chi connectivity index (χ1n) is 6.90. The van der Waals surface area contributed by atoms with Crippen LogP contribution in [0.3, 0.4) is 0 Å². The first-order chi connectivity index (χ1) is 10.4. The SMILES string of the molecule is CCOC(=O)CN(CC(=O)OCC)c1cc(Br)c(F)cc1C. The lowest BCUT2D eigenvalue weighted by molar-refractivity contribution is -0.142. The van der Waals surface area contributed by atoms with E-state index in [1.807, 2.05) is 0 Å². The van der Waals surface area contributed by atoms with Crippen LogP contribution in [-0.4, -0.2) is 38.2 Å². The molecule has 0 atom stereocenters. The van der Waals surface area contributed by atoms with Gasteiger partial charge in [-0.3, -0.25) is 9.59 Å². The average molecular weight is 376 g/mol. The molecular formula is C15H19BrFNO4. The Morgan fingerprint density at radius 2 is 1.64 bits per heavy atom. The van der Waals surface area contributed by atoms with E-state index in [0.29, 0.717) is 11.3 Å². The van der Waals surface area contributed by atoms with Crippen LogP contribution in [0.15, 0.2) is 16.6 Å². The Hall–Kier alpha value is -1.63. The number of hydrogen-bond donors (Lipinski definition) is 0. The highest BCUT2D eigenvalue weighted by atomic mass is 79.9. The second-order valence-electron chi connectivity index (χ2n) is 4.52. The topological polar surface area (TPSA) is 55.8 Å². The molecule has 0 saturated carbocycles. The van der Waals surface area contributed by atoms with Gasteiger partial charge in [-0.1, -0.05) is 0 Å². The van der Waals surface area contributed by atoms with Crippen LogP contribution >= 0.6 is 15.9 Å². The van der Waals surface area contributed by atoms with Crippen LogP contribution in [0, 0.1) is 12.7 Å². The predicted octanol–water partition coefficient (Wildman–Crippen LogP) is 2.83. The number of nitrogens with zero attached hydrogens (tertiary/aromatic N) is 1. The van der Waals surface area contributed by atoms with Crippen LogP contribution < -0.4 is 4.90 Å². The van der Waals surface area contributed by atoms with Crippen LogP contribution in [0.2, 0.25) is 0 Å². The minimum atomic E-state index is -0.466. The Kier molecular flexibility index (Phi) is 7.31.